The van der Waals surface area contributed by atoms with Gasteiger partial charge in [0, 0.05) is 46.4 Å². The molecule has 62 heavy (non-hydrogen) atoms. The Labute approximate surface area is 377 Å². The van der Waals surface area contributed by atoms with Crippen molar-refractivity contribution in [3.63, 3.8) is 0 Å². The third-order valence-corrected chi connectivity index (χ3v) is 12.0. The summed E-state index contributed by atoms with van der Waals surface area (Å²) in [6.45, 7) is 18.4. The van der Waals surface area contributed by atoms with Crippen molar-refractivity contribution >= 4 is 40.9 Å². The van der Waals surface area contributed by atoms with Gasteiger partial charge in [-0.2, -0.15) is 0 Å². The molecule has 1 aromatic carbocycles. The molecule has 3 rings (SSSR count). The zero-order valence-electron chi connectivity index (χ0n) is 40.4. The molecule has 1 aliphatic heterocycles. The van der Waals surface area contributed by atoms with Gasteiger partial charge < -0.3 is 40.1 Å². The highest BCUT2D eigenvalue weighted by atomic mass is 32.1. The van der Waals surface area contributed by atoms with E-state index in [0.717, 1.165) is 17.0 Å². The van der Waals surface area contributed by atoms with E-state index >= 15 is 0 Å². The minimum atomic E-state index is -0.754. The summed E-state index contributed by atoms with van der Waals surface area (Å²) in [6.07, 6.45) is 5.79. The van der Waals surface area contributed by atoms with E-state index in [2.05, 4.69) is 48.6 Å². The first kappa shape index (κ1) is 56.1. The molecular weight excluding hydrogens is 807 g/mol. The zero-order valence-corrected chi connectivity index (χ0v) is 41.2. The minimum absolute atomic E-state index is 0.0139. The first-order valence-corrected chi connectivity index (χ1v) is 23.4. The fourth-order valence-corrected chi connectivity index (χ4v) is 8.52. The lowest BCUT2D eigenvalue weighted by atomic mass is 9.90. The number of likely N-dealkylation sites (N-methyl/N-ethyl adjacent to an activating group) is 3. The van der Waals surface area contributed by atoms with E-state index in [1.165, 1.54) is 29.1 Å². The number of carbonyl (C=O) groups excluding carboxylic acids is 5. The highest BCUT2D eigenvalue weighted by molar-refractivity contribution is 7.09. The average Bonchev–Trinajstić information content (AvgIpc) is 3.97. The van der Waals surface area contributed by atoms with Gasteiger partial charge in [0.15, 0.2) is 0 Å². The van der Waals surface area contributed by atoms with Crippen LogP contribution in [0.15, 0.2) is 41.9 Å². The number of hydrogen-bond acceptors (Lipinski definition) is 10. The van der Waals surface area contributed by atoms with Crippen molar-refractivity contribution in [1.29, 1.82) is 0 Å². The number of thiazole rings is 1. The third-order valence-electron chi connectivity index (χ3n) is 11.1. The first-order valence-electron chi connectivity index (χ1n) is 22.6. The van der Waals surface area contributed by atoms with Crippen molar-refractivity contribution in [3.8, 4) is 0 Å². The number of amides is 5. The Morgan fingerprint density at radius 1 is 0.887 bits per heavy atom. The van der Waals surface area contributed by atoms with Crippen molar-refractivity contribution in [2.75, 3.05) is 55.0 Å². The van der Waals surface area contributed by atoms with Crippen molar-refractivity contribution < 1.29 is 33.4 Å². The smallest absolute Gasteiger partial charge is 0.243 e. The predicted octanol–water partition coefficient (Wildman–Crippen LogP) is 6.11. The summed E-state index contributed by atoms with van der Waals surface area (Å²) in [6, 6.07) is 8.09. The molecule has 8 atom stereocenters. The molecule has 1 aromatic heterocycles. The summed E-state index contributed by atoms with van der Waals surface area (Å²) >= 11 is 1.49. The lowest BCUT2D eigenvalue weighted by molar-refractivity contribution is -0.146. The van der Waals surface area contributed by atoms with Gasteiger partial charge in [-0.3, -0.25) is 24.0 Å². The Morgan fingerprint density at radius 3 is 2.02 bits per heavy atom. The number of rotatable bonds is 22. The second-order valence-corrected chi connectivity index (χ2v) is 17.5. The number of likely N-dealkylation sites (tertiary alicyclic amines) is 1. The summed E-state index contributed by atoms with van der Waals surface area (Å²) in [5.41, 5.74) is 1.08. The number of benzene rings is 1. The molecule has 352 valence electrons. The second-order valence-electron chi connectivity index (χ2n) is 16.6. The molecule has 1 aliphatic rings. The minimum Gasteiger partial charge on any atom is -0.379 e. The Morgan fingerprint density at radius 2 is 1.50 bits per heavy atom. The van der Waals surface area contributed by atoms with E-state index in [1.807, 2.05) is 70.3 Å². The summed E-state index contributed by atoms with van der Waals surface area (Å²) in [4.78, 5) is 76.8. The van der Waals surface area contributed by atoms with Crippen molar-refractivity contribution in [2.45, 2.75) is 144 Å². The Balaban J connectivity index is 0.00000302. The van der Waals surface area contributed by atoms with Gasteiger partial charge in [-0.15, -0.1) is 11.3 Å². The molecule has 0 aliphatic carbocycles. The number of nitrogens with one attached hydrogen (secondary N) is 3. The Hall–Kier alpha value is -3.92. The van der Waals surface area contributed by atoms with Gasteiger partial charge in [-0.1, -0.05) is 112 Å². The number of hydrogen-bond donors (Lipinski definition) is 3. The van der Waals surface area contributed by atoms with Crippen LogP contribution in [0, 0.1) is 17.8 Å². The maximum Gasteiger partial charge on any atom is 0.243 e. The van der Waals surface area contributed by atoms with Gasteiger partial charge in [-0.05, 0) is 43.7 Å². The van der Waals surface area contributed by atoms with Gasteiger partial charge in [0.2, 0.25) is 29.5 Å². The van der Waals surface area contributed by atoms with Crippen molar-refractivity contribution in [2.24, 2.45) is 17.8 Å². The Kier molecular flexibility index (Phi) is 27.3. The molecule has 0 radical (unpaired) electrons. The highest BCUT2D eigenvalue weighted by Crippen LogP contribution is 2.30. The van der Waals surface area contributed by atoms with Crippen LogP contribution in [-0.4, -0.2) is 135 Å². The van der Waals surface area contributed by atoms with Crippen molar-refractivity contribution in [1.82, 2.24) is 35.6 Å². The zero-order chi connectivity index (χ0) is 46.9. The molecule has 14 nitrogen and oxygen atoms in total. The van der Waals surface area contributed by atoms with E-state index in [-0.39, 0.29) is 67.1 Å². The maximum atomic E-state index is 14.2. The molecule has 1 saturated heterocycles. The van der Waals surface area contributed by atoms with Gasteiger partial charge >= 0.3 is 0 Å². The fraction of sp³-hybridized carbons (Fsp3) is 0.702. The lowest BCUT2D eigenvalue weighted by Crippen LogP contribution is -2.56. The maximum absolute atomic E-state index is 14.2. The topological polar surface area (TPSA) is 163 Å². The molecule has 1 fully saturated rings. The average molecular weight is 888 g/mol. The molecule has 15 heteroatoms. The van der Waals surface area contributed by atoms with Crippen LogP contribution in [0.5, 0.6) is 0 Å². The van der Waals surface area contributed by atoms with Crippen LogP contribution < -0.4 is 16.0 Å². The molecule has 8 unspecified atom stereocenters. The largest absolute Gasteiger partial charge is 0.379 e. The number of carbonyl (C=O) groups is 5. The molecule has 3 N–H and O–H groups in total. The number of aromatic nitrogens is 1. The van der Waals surface area contributed by atoms with E-state index in [1.54, 1.807) is 51.4 Å². The van der Waals surface area contributed by atoms with E-state index in [9.17, 15) is 24.0 Å². The second kappa shape index (κ2) is 30.2. The molecule has 2 heterocycles. The molecule has 0 saturated carbocycles. The van der Waals surface area contributed by atoms with Crippen LogP contribution in [-0.2, 0) is 39.9 Å². The molecular formula is C47H81N7O7S. The van der Waals surface area contributed by atoms with Gasteiger partial charge in [0.05, 0.1) is 55.8 Å². The van der Waals surface area contributed by atoms with Crippen molar-refractivity contribution in [3.05, 3.63) is 52.5 Å². The summed E-state index contributed by atoms with van der Waals surface area (Å²) < 4.78 is 12.0. The molecule has 0 spiro atoms. The molecule has 0 bridgehead atoms. The molecule has 5 amide bonds. The third kappa shape index (κ3) is 17.3. The van der Waals surface area contributed by atoms with E-state index < -0.39 is 36.1 Å². The van der Waals surface area contributed by atoms with Crippen LogP contribution in [0.25, 0.3) is 0 Å². The lowest BCUT2D eigenvalue weighted by Gasteiger charge is -2.39. The van der Waals surface area contributed by atoms with Crippen LogP contribution in [0.1, 0.15) is 117 Å². The number of methoxy groups -OCH3 is 2. The summed E-state index contributed by atoms with van der Waals surface area (Å²) in [5, 5.41) is 11.5. The van der Waals surface area contributed by atoms with Gasteiger partial charge in [-0.25, -0.2) is 4.98 Å². The van der Waals surface area contributed by atoms with Crippen LogP contribution >= 0.6 is 11.3 Å². The SMILES string of the molecule is CCC.CCC.CCC(C)C(C(CC(=O)N1CCCC1C(OC)C(C)C(=O)NC(Cc1ccccc1)c1nccs1)OC)N(C)C(=O)CNC(=O)C(C(C)C)N(C)C(=O)CNC. The van der Waals surface area contributed by atoms with Gasteiger partial charge in [0.1, 0.15) is 11.0 Å². The summed E-state index contributed by atoms with van der Waals surface area (Å²) in [7, 11) is 8.03. The number of ether oxygens (including phenoxy) is 2. The number of nitrogens with zero attached hydrogens (tertiary/aromatic N) is 4. The quantitative estimate of drug-likeness (QED) is 0.127. The highest BCUT2D eigenvalue weighted by Gasteiger charge is 2.42. The summed E-state index contributed by atoms with van der Waals surface area (Å²) in [5.74, 6) is -2.12. The van der Waals surface area contributed by atoms with E-state index in [4.69, 9.17) is 9.47 Å². The fourth-order valence-electron chi connectivity index (χ4n) is 7.83. The van der Waals surface area contributed by atoms with Gasteiger partial charge in [0.25, 0.3) is 0 Å². The van der Waals surface area contributed by atoms with Crippen LogP contribution in [0.3, 0.4) is 0 Å². The normalized spacial score (nSPS) is 16.8. The Bertz CT molecular complexity index is 1580. The monoisotopic (exact) mass is 888 g/mol. The van der Waals surface area contributed by atoms with E-state index in [0.29, 0.717) is 25.8 Å². The van der Waals surface area contributed by atoms with Crippen LogP contribution in [0.2, 0.25) is 0 Å². The molecule has 2 aromatic rings. The van der Waals surface area contributed by atoms with Crippen LogP contribution in [0.4, 0.5) is 0 Å². The standard InChI is InChI=1S/C41H65N7O7S.2C3H8/c1-11-27(4)37(47(8)35(51)25-44-40(53)36(26(2)3)46(7)34(50)24-42-6)32(54-9)23-33(49)48-20-15-18-31(48)38(55-10)28(5)39(52)45-30(41-43-19-21-56-41)22-29-16-13-12-14-17-29;2*1-3-2/h12-14,16-17,19,21,26-28,30-32,36-38,42H,11,15,18,20,22-25H2,1-10H3,(H,44,53)(H,45,52);2*3H2,1-2H3. The predicted molar refractivity (Wildman–Crippen MR) is 250 cm³/mol. The first-order chi connectivity index (χ1) is 29.5.